The fourth-order valence-corrected chi connectivity index (χ4v) is 1.91. The zero-order valence-electron chi connectivity index (χ0n) is 10.5. The second-order valence-electron chi connectivity index (χ2n) is 4.67. The number of nitro benzene ring substituents is 1. The van der Waals surface area contributed by atoms with E-state index in [9.17, 15) is 14.9 Å². The smallest absolute Gasteiger partial charge is 0.269 e. The third-order valence-corrected chi connectivity index (χ3v) is 3.17. The highest BCUT2D eigenvalue weighted by Gasteiger charge is 2.38. The molecule has 7 heteroatoms. The van der Waals surface area contributed by atoms with Crippen molar-refractivity contribution in [2.24, 2.45) is 5.73 Å². The molecule has 1 atom stereocenters. The molecule has 1 fully saturated rings. The predicted molar refractivity (Wildman–Crippen MR) is 68.8 cm³/mol. The predicted octanol–water partition coefficient (Wildman–Crippen LogP) is 0.960. The molecular weight excluding hydrogens is 250 g/mol. The van der Waals surface area contributed by atoms with E-state index in [-0.39, 0.29) is 18.2 Å². The molecule has 19 heavy (non-hydrogen) atoms. The van der Waals surface area contributed by atoms with Gasteiger partial charge in [-0.15, -0.1) is 0 Å². The maximum atomic E-state index is 12.1. The Morgan fingerprint density at radius 1 is 1.58 bits per heavy atom. The molecule has 3 N–H and O–H groups in total. The fourth-order valence-electron chi connectivity index (χ4n) is 1.91. The number of hydrogen-bond acceptors (Lipinski definition) is 5. The van der Waals surface area contributed by atoms with Crippen LogP contribution in [0.2, 0.25) is 0 Å². The van der Waals surface area contributed by atoms with Crippen LogP contribution in [0.4, 0.5) is 11.4 Å². The Kier molecular flexibility index (Phi) is 3.50. The molecule has 1 amide bonds. The van der Waals surface area contributed by atoms with E-state index in [4.69, 9.17) is 10.5 Å². The number of aryl methyl sites for hydroxylation is 1. The minimum absolute atomic E-state index is 0.0119. The average Bonchev–Trinajstić information content (AvgIpc) is 2.80. The Labute approximate surface area is 109 Å². The minimum Gasteiger partial charge on any atom is -0.379 e. The first kappa shape index (κ1) is 13.4. The molecule has 1 unspecified atom stereocenters. The van der Waals surface area contributed by atoms with Gasteiger partial charge in [0.05, 0.1) is 11.5 Å². The van der Waals surface area contributed by atoms with Crippen LogP contribution in [0.15, 0.2) is 18.2 Å². The van der Waals surface area contributed by atoms with Crippen molar-refractivity contribution in [1.82, 2.24) is 0 Å². The zero-order valence-corrected chi connectivity index (χ0v) is 10.5. The van der Waals surface area contributed by atoms with E-state index in [1.54, 1.807) is 6.92 Å². The Morgan fingerprint density at radius 3 is 2.84 bits per heavy atom. The van der Waals surface area contributed by atoms with Gasteiger partial charge in [0.25, 0.3) is 5.69 Å². The van der Waals surface area contributed by atoms with Crippen molar-refractivity contribution in [1.29, 1.82) is 0 Å². The van der Waals surface area contributed by atoms with E-state index >= 15 is 0 Å². The van der Waals surface area contributed by atoms with Gasteiger partial charge in [-0.05, 0) is 25.0 Å². The topological polar surface area (TPSA) is 107 Å². The van der Waals surface area contributed by atoms with Crippen molar-refractivity contribution in [3.8, 4) is 0 Å². The maximum Gasteiger partial charge on any atom is 0.269 e. The molecular formula is C12H15N3O4. The normalized spacial score (nSPS) is 22.2. The van der Waals surface area contributed by atoms with Crippen LogP contribution in [-0.2, 0) is 9.53 Å². The number of carbonyl (C=O) groups excluding carboxylic acids is 1. The molecule has 0 aliphatic carbocycles. The number of nitrogens with one attached hydrogen (secondary N) is 1. The highest BCUT2D eigenvalue weighted by molar-refractivity contribution is 5.98. The van der Waals surface area contributed by atoms with Gasteiger partial charge in [0, 0.05) is 24.4 Å². The van der Waals surface area contributed by atoms with E-state index in [1.807, 2.05) is 0 Å². The maximum absolute atomic E-state index is 12.1. The van der Waals surface area contributed by atoms with Gasteiger partial charge in [0.1, 0.15) is 5.54 Å². The number of hydrogen-bond donors (Lipinski definition) is 2. The van der Waals surface area contributed by atoms with E-state index in [2.05, 4.69) is 5.32 Å². The molecule has 2 rings (SSSR count). The van der Waals surface area contributed by atoms with Crippen LogP contribution in [-0.4, -0.2) is 29.6 Å². The third-order valence-electron chi connectivity index (χ3n) is 3.17. The largest absolute Gasteiger partial charge is 0.379 e. The summed E-state index contributed by atoms with van der Waals surface area (Å²) in [5.74, 6) is -0.332. The van der Waals surface area contributed by atoms with Gasteiger partial charge in [0.15, 0.2) is 0 Å². The number of benzene rings is 1. The Hall–Kier alpha value is -1.99. The molecule has 1 heterocycles. The number of anilines is 1. The number of ether oxygens (including phenoxy) is 1. The molecule has 0 saturated carbocycles. The third kappa shape index (κ3) is 2.72. The van der Waals surface area contributed by atoms with Crippen LogP contribution in [0.25, 0.3) is 0 Å². The lowest BCUT2D eigenvalue weighted by Crippen LogP contribution is -2.51. The Balaban J connectivity index is 2.15. The lowest BCUT2D eigenvalue weighted by Gasteiger charge is -2.21. The molecule has 1 aliphatic heterocycles. The zero-order chi connectivity index (χ0) is 14.0. The summed E-state index contributed by atoms with van der Waals surface area (Å²) in [7, 11) is 0. The molecule has 0 bridgehead atoms. The van der Waals surface area contributed by atoms with Gasteiger partial charge in [0.2, 0.25) is 5.91 Å². The second kappa shape index (κ2) is 4.94. The lowest BCUT2D eigenvalue weighted by molar-refractivity contribution is -0.384. The van der Waals surface area contributed by atoms with Crippen LogP contribution in [0, 0.1) is 17.0 Å². The molecule has 1 saturated heterocycles. The number of amides is 1. The monoisotopic (exact) mass is 265 g/mol. The van der Waals surface area contributed by atoms with Gasteiger partial charge in [-0.1, -0.05) is 0 Å². The summed E-state index contributed by atoms with van der Waals surface area (Å²) < 4.78 is 5.12. The number of non-ortho nitro benzene ring substituents is 1. The first-order valence-electron chi connectivity index (χ1n) is 5.85. The fraction of sp³-hybridized carbons (Fsp3) is 0.417. The molecule has 1 aromatic rings. The van der Waals surface area contributed by atoms with Crippen molar-refractivity contribution in [2.45, 2.75) is 18.9 Å². The van der Waals surface area contributed by atoms with Gasteiger partial charge in [-0.25, -0.2) is 0 Å². The van der Waals surface area contributed by atoms with Gasteiger partial charge >= 0.3 is 0 Å². The summed E-state index contributed by atoms with van der Waals surface area (Å²) in [6.45, 7) is 2.34. The van der Waals surface area contributed by atoms with Crippen LogP contribution >= 0.6 is 0 Å². The van der Waals surface area contributed by atoms with E-state index in [0.717, 1.165) is 0 Å². The molecule has 7 nitrogen and oxygen atoms in total. The van der Waals surface area contributed by atoms with Crippen molar-refractivity contribution in [3.05, 3.63) is 33.9 Å². The quantitative estimate of drug-likeness (QED) is 0.625. The average molecular weight is 265 g/mol. The summed E-state index contributed by atoms with van der Waals surface area (Å²) in [5, 5.41) is 13.3. The first-order valence-corrected chi connectivity index (χ1v) is 5.85. The van der Waals surface area contributed by atoms with E-state index in [0.29, 0.717) is 24.3 Å². The highest BCUT2D eigenvalue weighted by atomic mass is 16.6. The van der Waals surface area contributed by atoms with Gasteiger partial charge < -0.3 is 15.8 Å². The van der Waals surface area contributed by atoms with Gasteiger partial charge in [-0.2, -0.15) is 0 Å². The van der Waals surface area contributed by atoms with Crippen molar-refractivity contribution >= 4 is 17.3 Å². The van der Waals surface area contributed by atoms with Crippen LogP contribution < -0.4 is 11.1 Å². The number of nitrogens with zero attached hydrogens (tertiary/aromatic N) is 1. The highest BCUT2D eigenvalue weighted by Crippen LogP contribution is 2.23. The SMILES string of the molecule is Cc1cc([N+](=O)[O-])ccc1NC(=O)C1(N)CCOC1. The molecule has 0 aromatic heterocycles. The molecule has 0 radical (unpaired) electrons. The Bertz CT molecular complexity index is 524. The standard InChI is InChI=1S/C12H15N3O4/c1-8-6-9(15(17)18)2-3-10(8)14-11(16)12(13)4-5-19-7-12/h2-3,6H,4-5,7,13H2,1H3,(H,14,16). The first-order chi connectivity index (χ1) is 8.92. The second-order valence-corrected chi connectivity index (χ2v) is 4.67. The number of nitro groups is 1. The van der Waals surface area contributed by atoms with Crippen molar-refractivity contribution < 1.29 is 14.5 Å². The van der Waals surface area contributed by atoms with Crippen molar-refractivity contribution in [3.63, 3.8) is 0 Å². The molecule has 1 aromatic carbocycles. The van der Waals surface area contributed by atoms with Crippen LogP contribution in [0.5, 0.6) is 0 Å². The summed E-state index contributed by atoms with van der Waals surface area (Å²) in [5.41, 5.74) is 6.04. The molecule has 102 valence electrons. The summed E-state index contributed by atoms with van der Waals surface area (Å²) in [6, 6.07) is 4.26. The number of carbonyl (C=O) groups is 1. The minimum atomic E-state index is -1.02. The van der Waals surface area contributed by atoms with E-state index in [1.165, 1.54) is 18.2 Å². The van der Waals surface area contributed by atoms with Crippen molar-refractivity contribution in [2.75, 3.05) is 18.5 Å². The number of rotatable bonds is 3. The lowest BCUT2D eigenvalue weighted by atomic mass is 9.99. The molecule has 0 spiro atoms. The molecule has 1 aliphatic rings. The van der Waals surface area contributed by atoms with E-state index < -0.39 is 10.5 Å². The van der Waals surface area contributed by atoms with Crippen LogP contribution in [0.1, 0.15) is 12.0 Å². The number of nitrogens with two attached hydrogens (primary N) is 1. The summed E-state index contributed by atoms with van der Waals surface area (Å²) in [4.78, 5) is 22.2. The van der Waals surface area contributed by atoms with Crippen LogP contribution in [0.3, 0.4) is 0 Å². The Morgan fingerprint density at radius 2 is 2.32 bits per heavy atom. The van der Waals surface area contributed by atoms with Gasteiger partial charge in [-0.3, -0.25) is 14.9 Å². The summed E-state index contributed by atoms with van der Waals surface area (Å²) in [6.07, 6.45) is 0.463. The summed E-state index contributed by atoms with van der Waals surface area (Å²) >= 11 is 0.